The van der Waals surface area contributed by atoms with Crippen LogP contribution in [0.5, 0.6) is 0 Å². The fourth-order valence-electron chi connectivity index (χ4n) is 2.52. The van der Waals surface area contributed by atoms with Crippen molar-refractivity contribution in [1.29, 1.82) is 0 Å². The number of hydrogen-bond acceptors (Lipinski definition) is 2. The second-order valence-electron chi connectivity index (χ2n) is 4.92. The van der Waals surface area contributed by atoms with Gasteiger partial charge in [0.1, 0.15) is 0 Å². The average Bonchev–Trinajstić information content (AvgIpc) is 3.02. The number of hydrogen-bond donors (Lipinski definition) is 1. The molecule has 1 saturated heterocycles. The predicted molar refractivity (Wildman–Crippen MR) is 73.8 cm³/mol. The summed E-state index contributed by atoms with van der Waals surface area (Å²) in [6.07, 6.45) is 7.08. The molecule has 3 rings (SSSR count). The molecule has 4 heteroatoms. The molecule has 98 valence electrons. The molecule has 0 atom stereocenters. The van der Waals surface area contributed by atoms with Gasteiger partial charge in [-0.25, -0.2) is 0 Å². The summed E-state index contributed by atoms with van der Waals surface area (Å²) in [6.45, 7) is 1.77. The number of H-pyrrole nitrogens is 1. The molecular formula is C15H17N3O. The molecule has 0 bridgehead atoms. The number of carbonyl (C=O) groups excluding carboxylic acids is 1. The summed E-state index contributed by atoms with van der Waals surface area (Å²) < 4.78 is 0. The molecule has 0 spiro atoms. The molecule has 2 heterocycles. The van der Waals surface area contributed by atoms with Gasteiger partial charge in [-0.1, -0.05) is 12.1 Å². The molecular weight excluding hydrogens is 238 g/mol. The Bertz CT molecular complexity index is 557. The largest absolute Gasteiger partial charge is 0.339 e. The highest BCUT2D eigenvalue weighted by molar-refractivity contribution is 5.95. The number of aromatic amines is 1. The standard InChI is InChI=1S/C15H17N3O/c19-15(18-7-2-1-3-8-18)13-6-4-5-12(9-13)14-10-16-17-11-14/h4-6,9-11H,1-3,7-8H2,(H,16,17). The van der Waals surface area contributed by atoms with Crippen molar-refractivity contribution >= 4 is 5.91 Å². The molecule has 4 nitrogen and oxygen atoms in total. The van der Waals surface area contributed by atoms with E-state index >= 15 is 0 Å². The Morgan fingerprint density at radius 1 is 1.16 bits per heavy atom. The summed E-state index contributed by atoms with van der Waals surface area (Å²) >= 11 is 0. The van der Waals surface area contributed by atoms with E-state index in [2.05, 4.69) is 10.2 Å². The van der Waals surface area contributed by atoms with Crippen molar-refractivity contribution in [3.63, 3.8) is 0 Å². The minimum absolute atomic E-state index is 0.144. The lowest BCUT2D eigenvalue weighted by Crippen LogP contribution is -2.35. The van der Waals surface area contributed by atoms with Crippen LogP contribution in [0.25, 0.3) is 11.1 Å². The average molecular weight is 255 g/mol. The van der Waals surface area contributed by atoms with Crippen molar-refractivity contribution in [1.82, 2.24) is 15.1 Å². The van der Waals surface area contributed by atoms with Gasteiger partial charge in [0, 0.05) is 30.4 Å². The van der Waals surface area contributed by atoms with Crippen LogP contribution in [0.1, 0.15) is 29.6 Å². The number of benzene rings is 1. The van der Waals surface area contributed by atoms with Crippen molar-refractivity contribution in [2.45, 2.75) is 19.3 Å². The first-order chi connectivity index (χ1) is 9.34. The summed E-state index contributed by atoms with van der Waals surface area (Å²) in [7, 11) is 0. The Hall–Kier alpha value is -2.10. The third-order valence-electron chi connectivity index (χ3n) is 3.58. The van der Waals surface area contributed by atoms with Gasteiger partial charge in [0.05, 0.1) is 6.20 Å². The Kier molecular flexibility index (Phi) is 3.31. The molecule has 0 saturated carbocycles. The van der Waals surface area contributed by atoms with Crippen LogP contribution in [0, 0.1) is 0 Å². The molecule has 1 amide bonds. The summed E-state index contributed by atoms with van der Waals surface area (Å²) in [6, 6.07) is 7.76. The van der Waals surface area contributed by atoms with Crippen LogP contribution in [0.3, 0.4) is 0 Å². The number of nitrogens with zero attached hydrogens (tertiary/aromatic N) is 2. The Morgan fingerprint density at radius 2 is 2.00 bits per heavy atom. The fourth-order valence-corrected chi connectivity index (χ4v) is 2.52. The fraction of sp³-hybridized carbons (Fsp3) is 0.333. The quantitative estimate of drug-likeness (QED) is 0.897. The molecule has 1 aromatic carbocycles. The number of piperidine rings is 1. The van der Waals surface area contributed by atoms with E-state index in [4.69, 9.17) is 0 Å². The van der Waals surface area contributed by atoms with Gasteiger partial charge in [-0.2, -0.15) is 5.10 Å². The molecule has 1 aromatic heterocycles. The number of carbonyl (C=O) groups is 1. The number of rotatable bonds is 2. The molecule has 2 aromatic rings. The van der Waals surface area contributed by atoms with Crippen molar-refractivity contribution in [2.24, 2.45) is 0 Å². The Balaban J connectivity index is 1.84. The Labute approximate surface area is 112 Å². The molecule has 19 heavy (non-hydrogen) atoms. The van der Waals surface area contributed by atoms with E-state index in [0.717, 1.165) is 42.6 Å². The van der Waals surface area contributed by atoms with Gasteiger partial charge in [-0.15, -0.1) is 0 Å². The maximum absolute atomic E-state index is 12.4. The molecule has 0 radical (unpaired) electrons. The summed E-state index contributed by atoms with van der Waals surface area (Å²) in [5.74, 6) is 0.144. The maximum Gasteiger partial charge on any atom is 0.253 e. The first-order valence-electron chi connectivity index (χ1n) is 6.73. The van der Waals surface area contributed by atoms with Gasteiger partial charge in [-0.3, -0.25) is 9.89 Å². The van der Waals surface area contributed by atoms with Crippen LogP contribution in [0.4, 0.5) is 0 Å². The minimum atomic E-state index is 0.144. The van der Waals surface area contributed by atoms with Crippen LogP contribution in [0.2, 0.25) is 0 Å². The van der Waals surface area contributed by atoms with Gasteiger partial charge in [0.25, 0.3) is 5.91 Å². The van der Waals surface area contributed by atoms with Gasteiger partial charge in [0.15, 0.2) is 0 Å². The van der Waals surface area contributed by atoms with E-state index in [1.807, 2.05) is 35.4 Å². The van der Waals surface area contributed by atoms with Crippen LogP contribution in [-0.4, -0.2) is 34.1 Å². The zero-order valence-electron chi connectivity index (χ0n) is 10.8. The normalized spacial score (nSPS) is 15.5. The van der Waals surface area contributed by atoms with E-state index < -0.39 is 0 Å². The van der Waals surface area contributed by atoms with Crippen LogP contribution in [-0.2, 0) is 0 Å². The highest BCUT2D eigenvalue weighted by Gasteiger charge is 2.18. The minimum Gasteiger partial charge on any atom is -0.339 e. The SMILES string of the molecule is O=C(c1cccc(-c2cn[nH]c2)c1)N1CCCCC1. The first kappa shape index (κ1) is 12.0. The lowest BCUT2D eigenvalue weighted by molar-refractivity contribution is 0.0724. The Morgan fingerprint density at radius 3 is 2.74 bits per heavy atom. The van der Waals surface area contributed by atoms with Crippen LogP contribution >= 0.6 is 0 Å². The molecule has 1 aliphatic heterocycles. The molecule has 1 fully saturated rings. The predicted octanol–water partition coefficient (Wildman–Crippen LogP) is 2.70. The van der Waals surface area contributed by atoms with E-state index in [1.54, 1.807) is 6.20 Å². The van der Waals surface area contributed by atoms with Gasteiger partial charge in [-0.05, 0) is 37.0 Å². The summed E-state index contributed by atoms with van der Waals surface area (Å²) in [5, 5.41) is 6.74. The molecule has 1 aliphatic rings. The van der Waals surface area contributed by atoms with Crippen LogP contribution in [0.15, 0.2) is 36.7 Å². The van der Waals surface area contributed by atoms with Crippen molar-refractivity contribution in [2.75, 3.05) is 13.1 Å². The number of nitrogens with one attached hydrogen (secondary N) is 1. The van der Waals surface area contributed by atoms with Gasteiger partial charge in [0.2, 0.25) is 0 Å². The van der Waals surface area contributed by atoms with Crippen molar-refractivity contribution < 1.29 is 4.79 Å². The van der Waals surface area contributed by atoms with Gasteiger partial charge >= 0.3 is 0 Å². The third-order valence-corrected chi connectivity index (χ3v) is 3.58. The molecule has 0 unspecified atom stereocenters. The lowest BCUT2D eigenvalue weighted by atomic mass is 10.0. The zero-order chi connectivity index (χ0) is 13.1. The highest BCUT2D eigenvalue weighted by Crippen LogP contribution is 2.20. The molecule has 0 aliphatic carbocycles. The summed E-state index contributed by atoms with van der Waals surface area (Å²) in [4.78, 5) is 14.4. The summed E-state index contributed by atoms with van der Waals surface area (Å²) in [5.41, 5.74) is 2.80. The van der Waals surface area contributed by atoms with Crippen LogP contribution < -0.4 is 0 Å². The maximum atomic E-state index is 12.4. The smallest absolute Gasteiger partial charge is 0.253 e. The second-order valence-corrected chi connectivity index (χ2v) is 4.92. The molecule has 1 N–H and O–H groups in total. The third kappa shape index (κ3) is 2.52. The monoisotopic (exact) mass is 255 g/mol. The first-order valence-corrected chi connectivity index (χ1v) is 6.73. The van der Waals surface area contributed by atoms with Crippen molar-refractivity contribution in [3.05, 3.63) is 42.2 Å². The highest BCUT2D eigenvalue weighted by atomic mass is 16.2. The number of amides is 1. The topological polar surface area (TPSA) is 49.0 Å². The zero-order valence-corrected chi connectivity index (χ0v) is 10.8. The lowest BCUT2D eigenvalue weighted by Gasteiger charge is -2.26. The second kappa shape index (κ2) is 5.26. The van der Waals surface area contributed by atoms with E-state index in [9.17, 15) is 4.79 Å². The number of likely N-dealkylation sites (tertiary alicyclic amines) is 1. The van der Waals surface area contributed by atoms with E-state index in [-0.39, 0.29) is 5.91 Å². The van der Waals surface area contributed by atoms with Crippen molar-refractivity contribution in [3.8, 4) is 11.1 Å². The van der Waals surface area contributed by atoms with E-state index in [1.165, 1.54) is 6.42 Å². The number of aromatic nitrogens is 2. The van der Waals surface area contributed by atoms with Gasteiger partial charge < -0.3 is 4.90 Å². The van der Waals surface area contributed by atoms with E-state index in [0.29, 0.717) is 0 Å².